The molecule has 2 N–H and O–H groups in total. The predicted molar refractivity (Wildman–Crippen MR) is 57.3 cm³/mol. The molecule has 1 saturated heterocycles. The highest BCUT2D eigenvalue weighted by atomic mass is 16.5. The summed E-state index contributed by atoms with van der Waals surface area (Å²) < 4.78 is 5.18. The molecule has 0 aromatic carbocycles. The molecule has 1 heterocycles. The van der Waals surface area contributed by atoms with Gasteiger partial charge in [0, 0.05) is 18.6 Å². The first-order valence-electron chi connectivity index (χ1n) is 5.66. The molecule has 1 aliphatic heterocycles. The van der Waals surface area contributed by atoms with Crippen molar-refractivity contribution in [1.82, 2.24) is 5.32 Å². The second-order valence-electron chi connectivity index (χ2n) is 4.62. The third kappa shape index (κ3) is 4.40. The lowest BCUT2D eigenvalue weighted by molar-refractivity contribution is -0.0989. The Morgan fingerprint density at radius 1 is 1.21 bits per heavy atom. The lowest BCUT2D eigenvalue weighted by Gasteiger charge is -2.38. The SMILES string of the molecule is CC1(CNCCCCCCO)COC1. The van der Waals surface area contributed by atoms with Gasteiger partial charge in [0.15, 0.2) is 0 Å². The lowest BCUT2D eigenvalue weighted by Crippen LogP contribution is -2.47. The van der Waals surface area contributed by atoms with Crippen LogP contribution in [-0.2, 0) is 4.74 Å². The molecule has 0 bridgehead atoms. The van der Waals surface area contributed by atoms with Crippen LogP contribution >= 0.6 is 0 Å². The number of rotatable bonds is 8. The Hall–Kier alpha value is -0.120. The molecule has 0 atom stereocenters. The fourth-order valence-corrected chi connectivity index (χ4v) is 1.66. The molecule has 0 unspecified atom stereocenters. The van der Waals surface area contributed by atoms with Crippen molar-refractivity contribution >= 4 is 0 Å². The monoisotopic (exact) mass is 201 g/mol. The smallest absolute Gasteiger partial charge is 0.0554 e. The number of hydrogen-bond acceptors (Lipinski definition) is 3. The van der Waals surface area contributed by atoms with Gasteiger partial charge in [-0.25, -0.2) is 0 Å². The first-order valence-corrected chi connectivity index (χ1v) is 5.66. The fraction of sp³-hybridized carbons (Fsp3) is 1.00. The van der Waals surface area contributed by atoms with Crippen molar-refractivity contribution in [2.24, 2.45) is 5.41 Å². The number of ether oxygens (including phenoxy) is 1. The van der Waals surface area contributed by atoms with Crippen LogP contribution in [0.25, 0.3) is 0 Å². The molecule has 3 heteroatoms. The summed E-state index contributed by atoms with van der Waals surface area (Å²) in [4.78, 5) is 0. The van der Waals surface area contributed by atoms with Crippen molar-refractivity contribution < 1.29 is 9.84 Å². The Labute approximate surface area is 86.8 Å². The summed E-state index contributed by atoms with van der Waals surface area (Å²) in [7, 11) is 0. The highest BCUT2D eigenvalue weighted by Crippen LogP contribution is 2.24. The molecule has 0 radical (unpaired) electrons. The summed E-state index contributed by atoms with van der Waals surface area (Å²) in [5.41, 5.74) is 0.394. The van der Waals surface area contributed by atoms with E-state index in [1.807, 2.05) is 0 Å². The molecule has 3 nitrogen and oxygen atoms in total. The minimum absolute atomic E-state index is 0.336. The first kappa shape index (κ1) is 12.0. The topological polar surface area (TPSA) is 41.5 Å². The highest BCUT2D eigenvalue weighted by Gasteiger charge is 2.32. The van der Waals surface area contributed by atoms with E-state index >= 15 is 0 Å². The van der Waals surface area contributed by atoms with Crippen LogP contribution in [0.15, 0.2) is 0 Å². The van der Waals surface area contributed by atoms with Gasteiger partial charge in [-0.3, -0.25) is 0 Å². The normalized spacial score (nSPS) is 19.3. The van der Waals surface area contributed by atoms with Crippen molar-refractivity contribution in [3.63, 3.8) is 0 Å². The van der Waals surface area contributed by atoms with Gasteiger partial charge in [0.1, 0.15) is 0 Å². The van der Waals surface area contributed by atoms with Crippen LogP contribution in [0.4, 0.5) is 0 Å². The van der Waals surface area contributed by atoms with Crippen molar-refractivity contribution in [2.75, 3.05) is 32.9 Å². The standard InChI is InChI=1S/C11H23NO2/c1-11(9-14-10-11)8-12-6-4-2-3-5-7-13/h12-13H,2-10H2,1H3. The van der Waals surface area contributed by atoms with E-state index in [1.54, 1.807) is 0 Å². The highest BCUT2D eigenvalue weighted by molar-refractivity contribution is 4.82. The van der Waals surface area contributed by atoms with Gasteiger partial charge in [-0.1, -0.05) is 19.8 Å². The van der Waals surface area contributed by atoms with E-state index in [0.717, 1.165) is 39.1 Å². The van der Waals surface area contributed by atoms with Gasteiger partial charge in [0.05, 0.1) is 13.2 Å². The molecule has 1 fully saturated rings. The van der Waals surface area contributed by atoms with Crippen LogP contribution in [-0.4, -0.2) is 38.0 Å². The minimum Gasteiger partial charge on any atom is -0.396 e. The maximum atomic E-state index is 8.59. The zero-order valence-electron chi connectivity index (χ0n) is 9.22. The van der Waals surface area contributed by atoms with Gasteiger partial charge in [-0.2, -0.15) is 0 Å². The molecule has 1 aliphatic rings. The Balaban J connectivity index is 1.80. The predicted octanol–water partition coefficient (Wildman–Crippen LogP) is 1.17. The number of aliphatic hydroxyl groups excluding tert-OH is 1. The maximum Gasteiger partial charge on any atom is 0.0554 e. The van der Waals surface area contributed by atoms with E-state index in [1.165, 1.54) is 12.8 Å². The largest absolute Gasteiger partial charge is 0.396 e. The van der Waals surface area contributed by atoms with Crippen molar-refractivity contribution in [3.8, 4) is 0 Å². The molecule has 0 saturated carbocycles. The lowest BCUT2D eigenvalue weighted by atomic mass is 9.89. The summed E-state index contributed by atoms with van der Waals surface area (Å²) in [5, 5.41) is 12.0. The molecular formula is C11H23NO2. The zero-order chi connectivity index (χ0) is 10.3. The summed E-state index contributed by atoms with van der Waals surface area (Å²) >= 11 is 0. The van der Waals surface area contributed by atoms with Crippen molar-refractivity contribution in [3.05, 3.63) is 0 Å². The molecule has 0 aromatic heterocycles. The van der Waals surface area contributed by atoms with Gasteiger partial charge in [-0.05, 0) is 19.4 Å². The average molecular weight is 201 g/mol. The Morgan fingerprint density at radius 3 is 2.50 bits per heavy atom. The van der Waals surface area contributed by atoms with Gasteiger partial charge in [-0.15, -0.1) is 0 Å². The molecule has 0 amide bonds. The molecular weight excluding hydrogens is 178 g/mol. The van der Waals surface area contributed by atoms with Crippen molar-refractivity contribution in [2.45, 2.75) is 32.6 Å². The van der Waals surface area contributed by atoms with E-state index in [2.05, 4.69) is 12.2 Å². The van der Waals surface area contributed by atoms with E-state index in [9.17, 15) is 0 Å². The van der Waals surface area contributed by atoms with Crippen LogP contribution in [0.5, 0.6) is 0 Å². The Kier molecular flexibility index (Phi) is 5.45. The average Bonchev–Trinajstić information content (AvgIpc) is 2.14. The number of aliphatic hydroxyl groups is 1. The summed E-state index contributed by atoms with van der Waals surface area (Å²) in [6.45, 7) is 6.58. The number of hydrogen-bond donors (Lipinski definition) is 2. The van der Waals surface area contributed by atoms with E-state index < -0.39 is 0 Å². The molecule has 14 heavy (non-hydrogen) atoms. The van der Waals surface area contributed by atoms with Gasteiger partial charge in [0.25, 0.3) is 0 Å². The molecule has 0 aliphatic carbocycles. The molecule has 0 aromatic rings. The third-order valence-corrected chi connectivity index (χ3v) is 2.71. The van der Waals surface area contributed by atoms with Crippen LogP contribution in [0.3, 0.4) is 0 Å². The summed E-state index contributed by atoms with van der Waals surface area (Å²) in [6.07, 6.45) is 4.54. The molecule has 1 rings (SSSR count). The van der Waals surface area contributed by atoms with Crippen LogP contribution in [0.2, 0.25) is 0 Å². The summed E-state index contributed by atoms with van der Waals surface area (Å²) in [5.74, 6) is 0. The Morgan fingerprint density at radius 2 is 1.93 bits per heavy atom. The quantitative estimate of drug-likeness (QED) is 0.579. The second-order valence-corrected chi connectivity index (χ2v) is 4.62. The van der Waals surface area contributed by atoms with Crippen molar-refractivity contribution in [1.29, 1.82) is 0 Å². The molecule has 0 spiro atoms. The van der Waals surface area contributed by atoms with Crippen LogP contribution in [0.1, 0.15) is 32.6 Å². The number of unbranched alkanes of at least 4 members (excludes halogenated alkanes) is 3. The van der Waals surface area contributed by atoms with E-state index in [-0.39, 0.29) is 0 Å². The first-order chi connectivity index (χ1) is 6.77. The van der Waals surface area contributed by atoms with Gasteiger partial charge in [0.2, 0.25) is 0 Å². The number of nitrogens with one attached hydrogen (secondary N) is 1. The van der Waals surface area contributed by atoms with Gasteiger partial charge >= 0.3 is 0 Å². The second kappa shape index (κ2) is 6.38. The fourth-order valence-electron chi connectivity index (χ4n) is 1.66. The van der Waals surface area contributed by atoms with E-state index in [4.69, 9.17) is 9.84 Å². The van der Waals surface area contributed by atoms with Gasteiger partial charge < -0.3 is 15.2 Å². The van der Waals surface area contributed by atoms with Crippen LogP contribution < -0.4 is 5.32 Å². The maximum absolute atomic E-state index is 8.59. The van der Waals surface area contributed by atoms with Crippen LogP contribution in [0, 0.1) is 5.41 Å². The zero-order valence-corrected chi connectivity index (χ0v) is 9.22. The summed E-state index contributed by atoms with van der Waals surface area (Å²) in [6, 6.07) is 0. The third-order valence-electron chi connectivity index (χ3n) is 2.71. The minimum atomic E-state index is 0.336. The van der Waals surface area contributed by atoms with E-state index in [0.29, 0.717) is 12.0 Å². The molecule has 84 valence electrons. The Bertz CT molecular complexity index is 146.